The van der Waals surface area contributed by atoms with E-state index in [1.54, 1.807) is 20.8 Å². The maximum atomic E-state index is 13.2. The van der Waals surface area contributed by atoms with E-state index in [0.29, 0.717) is 18.2 Å². The van der Waals surface area contributed by atoms with Crippen molar-refractivity contribution in [2.45, 2.75) is 50.3 Å². The van der Waals surface area contributed by atoms with E-state index in [9.17, 15) is 47.2 Å². The van der Waals surface area contributed by atoms with Crippen molar-refractivity contribution in [3.05, 3.63) is 38.4 Å². The zero-order valence-electron chi connectivity index (χ0n) is 17.7. The Hall–Kier alpha value is -3.30. The zero-order chi connectivity index (χ0) is 25.6. The van der Waals surface area contributed by atoms with E-state index in [0.717, 1.165) is 0 Å². The number of hydrogen-bond acceptors (Lipinski definition) is 8. The van der Waals surface area contributed by atoms with Crippen LogP contribution in [0.15, 0.2) is 27.5 Å². The fourth-order valence-electron chi connectivity index (χ4n) is 2.29. The number of alkyl halides is 3. The smallest absolute Gasteiger partial charge is 0.444 e. The summed E-state index contributed by atoms with van der Waals surface area (Å²) in [5, 5.41) is 24.5. The molecule has 1 aromatic rings. The summed E-state index contributed by atoms with van der Waals surface area (Å²) in [6, 6.07) is 1.67. The third-order valence-electron chi connectivity index (χ3n) is 3.65. The Morgan fingerprint density at radius 2 is 1.58 bits per heavy atom. The van der Waals surface area contributed by atoms with Crippen molar-refractivity contribution in [1.82, 2.24) is 5.32 Å². The van der Waals surface area contributed by atoms with Gasteiger partial charge in [-0.15, -0.1) is 4.36 Å². The number of halogens is 3. The Labute approximate surface area is 186 Å². The average molecular weight is 498 g/mol. The van der Waals surface area contributed by atoms with E-state index in [1.165, 1.54) is 0 Å². The first-order valence-electron chi connectivity index (χ1n) is 9.21. The number of rotatable bonds is 8. The summed E-state index contributed by atoms with van der Waals surface area (Å²) in [6.45, 7) is 4.84. The molecule has 1 N–H and O–H groups in total. The van der Waals surface area contributed by atoms with Gasteiger partial charge in [0.25, 0.3) is 11.4 Å². The molecule has 0 aromatic heterocycles. The average Bonchev–Trinajstić information content (AvgIpc) is 2.65. The van der Waals surface area contributed by atoms with Crippen LogP contribution in [-0.4, -0.2) is 50.1 Å². The van der Waals surface area contributed by atoms with E-state index in [-0.39, 0.29) is 19.4 Å². The van der Waals surface area contributed by atoms with Crippen molar-refractivity contribution >= 4 is 33.1 Å². The molecule has 0 aliphatic rings. The van der Waals surface area contributed by atoms with Crippen LogP contribution in [0.25, 0.3) is 0 Å². The van der Waals surface area contributed by atoms with E-state index in [1.807, 2.05) is 0 Å². The number of ether oxygens (including phenoxy) is 1. The van der Waals surface area contributed by atoms with Crippen LogP contribution in [0, 0.1) is 20.2 Å². The number of nitro benzene ring substituents is 2. The van der Waals surface area contributed by atoms with Gasteiger partial charge in [0.1, 0.15) is 5.60 Å². The summed E-state index contributed by atoms with van der Waals surface area (Å²) < 4.78 is 59.2. The molecule has 0 heterocycles. The highest BCUT2D eigenvalue weighted by Crippen LogP contribution is 2.29. The number of benzene rings is 1. The van der Waals surface area contributed by atoms with Crippen LogP contribution in [-0.2, 0) is 19.3 Å². The summed E-state index contributed by atoms with van der Waals surface area (Å²) in [7, 11) is -4.29. The summed E-state index contributed by atoms with van der Waals surface area (Å²) in [5.41, 5.74) is -2.59. The van der Waals surface area contributed by atoms with Crippen molar-refractivity contribution in [1.29, 1.82) is 0 Å². The van der Waals surface area contributed by atoms with Crippen LogP contribution in [0.5, 0.6) is 0 Å². The Bertz CT molecular complexity index is 1030. The Morgan fingerprint density at radius 1 is 1.06 bits per heavy atom. The van der Waals surface area contributed by atoms with Gasteiger partial charge in [-0.2, -0.15) is 13.2 Å². The van der Waals surface area contributed by atoms with Crippen LogP contribution in [0.4, 0.5) is 29.3 Å². The first kappa shape index (κ1) is 27.7. The van der Waals surface area contributed by atoms with Crippen molar-refractivity contribution in [3.63, 3.8) is 0 Å². The number of unbranched alkanes of at least 4 members (excludes halogenated alkanes) is 1. The molecular weight excluding hydrogens is 477 g/mol. The molecular formula is C17H21F3N4O8S. The Balaban J connectivity index is 3.21. The second-order valence-corrected chi connectivity index (χ2v) is 9.92. The number of nitro groups is 2. The van der Waals surface area contributed by atoms with Crippen LogP contribution in [0.3, 0.4) is 0 Å². The van der Waals surface area contributed by atoms with Gasteiger partial charge < -0.3 is 10.1 Å². The molecule has 1 atom stereocenters. The molecule has 1 unspecified atom stereocenters. The Morgan fingerprint density at radius 3 is 2.00 bits per heavy atom. The van der Waals surface area contributed by atoms with Crippen LogP contribution >= 0.6 is 0 Å². The van der Waals surface area contributed by atoms with Crippen molar-refractivity contribution in [3.8, 4) is 0 Å². The SMILES string of the molecule is CC(C)(C)OC(=O)NCCCCS(=O)(=NC(=O)C(F)(F)F)c1cc([N+](=O)[O-])cc([N+](=O)[O-])c1. The van der Waals surface area contributed by atoms with E-state index >= 15 is 0 Å². The number of alkyl carbamates (subject to hydrolysis) is 1. The lowest BCUT2D eigenvalue weighted by Crippen LogP contribution is -2.33. The summed E-state index contributed by atoms with van der Waals surface area (Å²) in [4.78, 5) is 42.2. The number of hydrogen-bond donors (Lipinski definition) is 1. The minimum absolute atomic E-state index is 0.0350. The predicted octanol–water partition coefficient (Wildman–Crippen LogP) is 3.72. The topological polar surface area (TPSA) is 171 Å². The zero-order valence-corrected chi connectivity index (χ0v) is 18.5. The first-order chi connectivity index (χ1) is 14.9. The van der Waals surface area contributed by atoms with Crippen molar-refractivity contribution in [2.24, 2.45) is 4.36 Å². The third-order valence-corrected chi connectivity index (χ3v) is 5.93. The molecule has 12 nitrogen and oxygen atoms in total. The highest BCUT2D eigenvalue weighted by Gasteiger charge is 2.40. The molecule has 0 spiro atoms. The molecule has 184 valence electrons. The molecule has 0 aliphatic carbocycles. The van der Waals surface area contributed by atoms with Crippen LogP contribution in [0.1, 0.15) is 33.6 Å². The minimum Gasteiger partial charge on any atom is -0.444 e. The second kappa shape index (κ2) is 10.5. The molecule has 0 fully saturated rings. The van der Waals surface area contributed by atoms with Gasteiger partial charge in [0, 0.05) is 24.4 Å². The number of non-ortho nitro benzene ring substituents is 2. The summed E-state index contributed by atoms with van der Waals surface area (Å²) in [6.07, 6.45) is -6.34. The lowest BCUT2D eigenvalue weighted by Gasteiger charge is -2.19. The van der Waals surface area contributed by atoms with Crippen molar-refractivity contribution in [2.75, 3.05) is 12.3 Å². The molecule has 33 heavy (non-hydrogen) atoms. The fourth-order valence-corrected chi connectivity index (χ4v) is 4.30. The van der Waals surface area contributed by atoms with Gasteiger partial charge in [-0.05, 0) is 33.6 Å². The quantitative estimate of drug-likeness (QED) is 0.321. The summed E-state index contributed by atoms with van der Waals surface area (Å²) in [5.74, 6) is -3.39. The molecule has 0 aliphatic heterocycles. The van der Waals surface area contributed by atoms with Gasteiger partial charge in [-0.3, -0.25) is 25.0 Å². The maximum absolute atomic E-state index is 13.2. The number of nitrogens with one attached hydrogen (secondary N) is 1. The standard InChI is InChI=1S/C17H21F3N4O8S/c1-16(2,3)32-15(26)21-6-4-5-7-33(31,22-14(25)17(18,19)20)13-9-11(23(27)28)8-12(10-13)24(29)30/h8-10H,4-7H2,1-3H3,(H,21,26). The van der Waals surface area contributed by atoms with E-state index in [4.69, 9.17) is 4.74 Å². The third kappa shape index (κ3) is 8.99. The normalized spacial score (nSPS) is 13.5. The lowest BCUT2D eigenvalue weighted by atomic mass is 10.2. The molecule has 2 amide bonds. The van der Waals surface area contributed by atoms with Gasteiger partial charge >= 0.3 is 18.2 Å². The molecule has 16 heteroatoms. The fraction of sp³-hybridized carbons (Fsp3) is 0.529. The molecule has 1 aromatic carbocycles. The predicted molar refractivity (Wildman–Crippen MR) is 108 cm³/mol. The highest BCUT2D eigenvalue weighted by atomic mass is 32.2. The van der Waals surface area contributed by atoms with Gasteiger partial charge in [-0.1, -0.05) is 0 Å². The second-order valence-electron chi connectivity index (χ2n) is 7.57. The lowest BCUT2D eigenvalue weighted by molar-refractivity contribution is -0.394. The highest BCUT2D eigenvalue weighted by molar-refractivity contribution is 7.94. The molecule has 0 saturated carbocycles. The van der Waals surface area contributed by atoms with E-state index < -0.39 is 65.4 Å². The van der Waals surface area contributed by atoms with Crippen LogP contribution in [0.2, 0.25) is 0 Å². The van der Waals surface area contributed by atoms with Crippen molar-refractivity contribution < 1.29 is 41.6 Å². The number of amides is 2. The van der Waals surface area contributed by atoms with Gasteiger partial charge in [0.05, 0.1) is 30.5 Å². The van der Waals surface area contributed by atoms with E-state index in [2.05, 4.69) is 9.68 Å². The van der Waals surface area contributed by atoms with Gasteiger partial charge in [-0.25, -0.2) is 9.00 Å². The summed E-state index contributed by atoms with van der Waals surface area (Å²) >= 11 is 0. The van der Waals surface area contributed by atoms with Gasteiger partial charge in [0.2, 0.25) is 0 Å². The monoisotopic (exact) mass is 498 g/mol. The molecule has 0 radical (unpaired) electrons. The molecule has 0 saturated heterocycles. The van der Waals surface area contributed by atoms with Gasteiger partial charge in [0.15, 0.2) is 0 Å². The number of nitrogens with zero attached hydrogens (tertiary/aromatic N) is 3. The largest absolute Gasteiger partial charge is 0.474 e. The Kier molecular flexibility index (Phi) is 8.86. The number of carbonyl (C=O) groups excluding carboxylic acids is 2. The number of carbonyl (C=O) groups is 2. The molecule has 1 rings (SSSR count). The minimum atomic E-state index is -5.48. The van der Waals surface area contributed by atoms with Crippen LogP contribution < -0.4 is 5.32 Å². The molecule has 0 bridgehead atoms. The first-order valence-corrected chi connectivity index (χ1v) is 10.9. The maximum Gasteiger partial charge on any atom is 0.474 e.